The van der Waals surface area contributed by atoms with Crippen LogP contribution in [-0.2, 0) is 0 Å². The van der Waals surface area contributed by atoms with Crippen LogP contribution in [0.3, 0.4) is 0 Å². The summed E-state index contributed by atoms with van der Waals surface area (Å²) in [4.78, 5) is 30.8. The summed E-state index contributed by atoms with van der Waals surface area (Å²) < 4.78 is 14.3. The molecule has 192 valence electrons. The van der Waals surface area contributed by atoms with Gasteiger partial charge in [0.2, 0.25) is 0 Å². The molecule has 0 bridgehead atoms. The highest BCUT2D eigenvalue weighted by Crippen LogP contribution is 2.35. The van der Waals surface area contributed by atoms with Gasteiger partial charge in [0, 0.05) is 24.2 Å². The number of para-hydroxylation sites is 2. The van der Waals surface area contributed by atoms with Crippen molar-refractivity contribution in [3.63, 3.8) is 0 Å². The number of imidazole rings is 1. The van der Waals surface area contributed by atoms with Crippen molar-refractivity contribution in [3.8, 4) is 28.4 Å². The number of ether oxygens (including phenoxy) is 2. The predicted octanol–water partition coefficient (Wildman–Crippen LogP) is 5.37. The Morgan fingerprint density at radius 2 is 1.81 bits per heavy atom. The highest BCUT2D eigenvalue weighted by atomic mass is 35.5. The van der Waals surface area contributed by atoms with E-state index in [4.69, 9.17) is 21.1 Å². The largest absolute Gasteiger partial charge is 0.493 e. The van der Waals surface area contributed by atoms with Crippen LogP contribution in [0.5, 0.6) is 11.5 Å². The van der Waals surface area contributed by atoms with Crippen LogP contribution >= 0.6 is 11.6 Å². The van der Waals surface area contributed by atoms with Crippen LogP contribution in [0.1, 0.15) is 32.1 Å². The minimum absolute atomic E-state index is 0.209. The van der Waals surface area contributed by atoms with Crippen LogP contribution < -0.4 is 20.5 Å². The van der Waals surface area contributed by atoms with E-state index < -0.39 is 11.7 Å². The molecule has 0 atom stereocenters. The number of fused-ring (bicyclic) bond motifs is 1. The lowest BCUT2D eigenvalue weighted by Crippen LogP contribution is -2.37. The van der Waals surface area contributed by atoms with Crippen LogP contribution in [0.15, 0.2) is 65.6 Å². The molecular formula is C28H29ClN4O4. The first-order valence-corrected chi connectivity index (χ1v) is 13.0. The van der Waals surface area contributed by atoms with E-state index in [9.17, 15) is 9.59 Å². The molecule has 0 spiro atoms. The second-order valence-electron chi connectivity index (χ2n) is 9.01. The van der Waals surface area contributed by atoms with Crippen LogP contribution in [0.4, 0.5) is 4.79 Å². The molecule has 1 fully saturated rings. The highest BCUT2D eigenvalue weighted by molar-refractivity contribution is 6.17. The van der Waals surface area contributed by atoms with Crippen LogP contribution in [0, 0.1) is 0 Å². The number of methoxy groups -OCH3 is 1. The standard InChI is InChI=1S/C28H29ClN4O4/c1-36-24-13-11-19(17-25(24)37-21-7-2-3-8-21)20-12-14-26(31-18-20)32-22-9-4-5-10-23(22)33(28(32)35)27(34)30-16-6-15-29/h4-5,9-14,17-18,21H,2-3,6-8,15-16H2,1H3,(H,30,34). The third-order valence-corrected chi connectivity index (χ3v) is 6.87. The zero-order valence-corrected chi connectivity index (χ0v) is 21.4. The first kappa shape index (κ1) is 24.9. The molecule has 2 heterocycles. The van der Waals surface area contributed by atoms with Crippen LogP contribution in [-0.4, -0.2) is 45.8 Å². The Labute approximate surface area is 219 Å². The van der Waals surface area contributed by atoms with Gasteiger partial charge in [0.15, 0.2) is 11.5 Å². The zero-order chi connectivity index (χ0) is 25.8. The van der Waals surface area contributed by atoms with Crippen molar-refractivity contribution in [2.75, 3.05) is 19.5 Å². The Balaban J connectivity index is 1.47. The fourth-order valence-electron chi connectivity index (χ4n) is 4.73. The second kappa shape index (κ2) is 11.1. The monoisotopic (exact) mass is 520 g/mol. The first-order chi connectivity index (χ1) is 18.1. The fourth-order valence-corrected chi connectivity index (χ4v) is 4.86. The molecule has 0 radical (unpaired) electrons. The van der Waals surface area contributed by atoms with Gasteiger partial charge in [-0.2, -0.15) is 0 Å². The normalized spacial score (nSPS) is 13.7. The maximum Gasteiger partial charge on any atom is 0.343 e. The van der Waals surface area contributed by atoms with Gasteiger partial charge in [-0.15, -0.1) is 11.6 Å². The Bertz CT molecular complexity index is 1460. The third kappa shape index (κ3) is 5.06. The summed E-state index contributed by atoms with van der Waals surface area (Å²) in [6.07, 6.45) is 7.01. The van der Waals surface area contributed by atoms with Crippen molar-refractivity contribution in [3.05, 3.63) is 71.3 Å². The van der Waals surface area contributed by atoms with Gasteiger partial charge in [-0.3, -0.25) is 0 Å². The molecule has 1 aliphatic rings. The average Bonchev–Trinajstić information content (AvgIpc) is 3.54. The number of nitrogens with one attached hydrogen (secondary N) is 1. The first-order valence-electron chi connectivity index (χ1n) is 12.5. The molecule has 1 saturated carbocycles. The number of carbonyl (C=O) groups is 1. The summed E-state index contributed by atoms with van der Waals surface area (Å²) >= 11 is 5.71. The molecule has 8 nitrogen and oxygen atoms in total. The number of amides is 1. The number of hydrogen-bond acceptors (Lipinski definition) is 5. The molecule has 2 aromatic heterocycles. The van der Waals surface area contributed by atoms with E-state index in [0.29, 0.717) is 41.4 Å². The Kier molecular flexibility index (Phi) is 7.46. The summed E-state index contributed by atoms with van der Waals surface area (Å²) in [5, 5.41) is 2.75. The maximum absolute atomic E-state index is 13.4. The van der Waals surface area contributed by atoms with Gasteiger partial charge in [-0.05, 0) is 74.1 Å². The summed E-state index contributed by atoms with van der Waals surface area (Å²) in [6, 6.07) is 16.2. The molecule has 1 aliphatic carbocycles. The second-order valence-corrected chi connectivity index (χ2v) is 9.39. The predicted molar refractivity (Wildman–Crippen MR) is 144 cm³/mol. The molecule has 0 unspecified atom stereocenters. The van der Waals surface area contributed by atoms with E-state index in [1.165, 1.54) is 17.4 Å². The smallest absolute Gasteiger partial charge is 0.343 e. The van der Waals surface area contributed by atoms with Crippen molar-refractivity contribution in [2.24, 2.45) is 0 Å². The Morgan fingerprint density at radius 3 is 2.51 bits per heavy atom. The van der Waals surface area contributed by atoms with Gasteiger partial charge >= 0.3 is 11.7 Å². The van der Waals surface area contributed by atoms with Gasteiger partial charge in [0.25, 0.3) is 0 Å². The van der Waals surface area contributed by atoms with E-state index >= 15 is 0 Å². The lowest BCUT2D eigenvalue weighted by atomic mass is 10.1. The molecular weight excluding hydrogens is 492 g/mol. The zero-order valence-electron chi connectivity index (χ0n) is 20.7. The van der Waals surface area contributed by atoms with E-state index in [1.807, 2.05) is 30.3 Å². The van der Waals surface area contributed by atoms with Gasteiger partial charge in [-0.1, -0.05) is 18.2 Å². The molecule has 37 heavy (non-hydrogen) atoms. The number of rotatable bonds is 8. The number of aromatic nitrogens is 3. The summed E-state index contributed by atoms with van der Waals surface area (Å²) in [7, 11) is 1.64. The number of carbonyl (C=O) groups excluding carboxylic acids is 1. The molecule has 5 rings (SSSR count). The number of nitrogens with zero attached hydrogens (tertiary/aromatic N) is 3. The fraction of sp³-hybridized carbons (Fsp3) is 0.321. The lowest BCUT2D eigenvalue weighted by Gasteiger charge is -2.17. The molecule has 4 aromatic rings. The van der Waals surface area contributed by atoms with Crippen molar-refractivity contribution in [1.82, 2.24) is 19.4 Å². The average molecular weight is 521 g/mol. The lowest BCUT2D eigenvalue weighted by molar-refractivity contribution is 0.201. The SMILES string of the molecule is COc1ccc(-c2ccc(-n3c(=O)n(C(=O)NCCCCl)c4ccccc43)nc2)cc1OC1CCCC1. The van der Waals surface area contributed by atoms with Crippen molar-refractivity contribution >= 4 is 28.7 Å². The number of benzene rings is 2. The topological polar surface area (TPSA) is 87.4 Å². The number of pyridine rings is 1. The van der Waals surface area contributed by atoms with Gasteiger partial charge in [-0.25, -0.2) is 23.7 Å². The summed E-state index contributed by atoms with van der Waals surface area (Å²) in [6.45, 7) is 0.384. The molecule has 1 N–H and O–H groups in total. The summed E-state index contributed by atoms with van der Waals surface area (Å²) in [5.74, 6) is 2.27. The highest BCUT2D eigenvalue weighted by Gasteiger charge is 2.21. The summed E-state index contributed by atoms with van der Waals surface area (Å²) in [5.41, 5.74) is 2.42. The minimum Gasteiger partial charge on any atom is -0.493 e. The van der Waals surface area contributed by atoms with E-state index in [0.717, 1.165) is 34.3 Å². The van der Waals surface area contributed by atoms with Gasteiger partial charge in [0.1, 0.15) is 5.82 Å². The van der Waals surface area contributed by atoms with Gasteiger partial charge in [0.05, 0.1) is 24.2 Å². The number of hydrogen-bond donors (Lipinski definition) is 1. The molecule has 2 aromatic carbocycles. The Hall–Kier alpha value is -3.78. The molecule has 0 aliphatic heterocycles. The molecule has 1 amide bonds. The Morgan fingerprint density at radius 1 is 1.05 bits per heavy atom. The number of alkyl halides is 1. The van der Waals surface area contributed by atoms with E-state index in [1.54, 1.807) is 37.6 Å². The van der Waals surface area contributed by atoms with Crippen LogP contribution in [0.25, 0.3) is 28.0 Å². The van der Waals surface area contributed by atoms with Crippen LogP contribution in [0.2, 0.25) is 0 Å². The van der Waals surface area contributed by atoms with E-state index in [2.05, 4.69) is 10.3 Å². The van der Waals surface area contributed by atoms with Crippen molar-refractivity contribution in [2.45, 2.75) is 38.2 Å². The van der Waals surface area contributed by atoms with E-state index in [-0.39, 0.29) is 6.10 Å². The molecule has 9 heteroatoms. The minimum atomic E-state index is -0.491. The number of halogens is 1. The van der Waals surface area contributed by atoms with Crippen molar-refractivity contribution in [1.29, 1.82) is 0 Å². The van der Waals surface area contributed by atoms with Crippen molar-refractivity contribution < 1.29 is 14.3 Å². The molecule has 0 saturated heterocycles. The quantitative estimate of drug-likeness (QED) is 0.249. The maximum atomic E-state index is 13.4. The van der Waals surface area contributed by atoms with Gasteiger partial charge < -0.3 is 14.8 Å². The third-order valence-electron chi connectivity index (χ3n) is 6.61.